The molecule has 0 aliphatic rings. The Bertz CT molecular complexity index is 935. The van der Waals surface area contributed by atoms with E-state index in [4.69, 9.17) is 0 Å². The highest BCUT2D eigenvalue weighted by Crippen LogP contribution is 2.28. The van der Waals surface area contributed by atoms with Crippen LogP contribution in [0.4, 0.5) is 8.78 Å². The molecule has 25 heavy (non-hydrogen) atoms. The monoisotopic (exact) mass is 340 g/mol. The van der Waals surface area contributed by atoms with Crippen LogP contribution in [0, 0.1) is 11.6 Å². The lowest BCUT2D eigenvalue weighted by Crippen LogP contribution is -2.01. The predicted octanol–water partition coefficient (Wildman–Crippen LogP) is 4.31. The minimum Gasteiger partial charge on any atom is -0.478 e. The van der Waals surface area contributed by atoms with E-state index in [0.717, 1.165) is 18.0 Å². The molecule has 1 aromatic heterocycles. The first-order valence-corrected chi connectivity index (χ1v) is 7.52. The SMILES string of the molecule is O=C(O)c1ccc(C=CCc2ncc[nH]2)cc1-c1ccc(F)cc1F. The number of aromatic nitrogens is 2. The second-order valence-electron chi connectivity index (χ2n) is 5.38. The number of imidazole rings is 1. The van der Waals surface area contributed by atoms with Crippen LogP contribution in [0.25, 0.3) is 17.2 Å². The third-order valence-electron chi connectivity index (χ3n) is 3.67. The van der Waals surface area contributed by atoms with Crippen LogP contribution in [0.1, 0.15) is 21.7 Å². The predicted molar refractivity (Wildman–Crippen MR) is 90.1 cm³/mol. The topological polar surface area (TPSA) is 66.0 Å². The summed E-state index contributed by atoms with van der Waals surface area (Å²) < 4.78 is 27.2. The third kappa shape index (κ3) is 3.80. The Morgan fingerprint density at radius 1 is 1.16 bits per heavy atom. The maximum atomic E-state index is 14.1. The Morgan fingerprint density at radius 3 is 2.68 bits per heavy atom. The van der Waals surface area contributed by atoms with Crippen molar-refractivity contribution >= 4 is 12.0 Å². The van der Waals surface area contributed by atoms with Crippen LogP contribution in [0.15, 0.2) is 54.9 Å². The molecule has 126 valence electrons. The van der Waals surface area contributed by atoms with Gasteiger partial charge < -0.3 is 10.1 Å². The van der Waals surface area contributed by atoms with Gasteiger partial charge in [-0.2, -0.15) is 0 Å². The lowest BCUT2D eigenvalue weighted by molar-refractivity contribution is 0.0697. The fourth-order valence-electron chi connectivity index (χ4n) is 2.50. The zero-order valence-electron chi connectivity index (χ0n) is 13.0. The second-order valence-corrected chi connectivity index (χ2v) is 5.38. The lowest BCUT2D eigenvalue weighted by atomic mass is 9.96. The van der Waals surface area contributed by atoms with Crippen molar-refractivity contribution in [1.82, 2.24) is 9.97 Å². The van der Waals surface area contributed by atoms with Gasteiger partial charge in [0, 0.05) is 30.4 Å². The molecule has 0 saturated carbocycles. The summed E-state index contributed by atoms with van der Waals surface area (Å²) in [7, 11) is 0. The molecule has 0 aliphatic heterocycles. The molecule has 1 heterocycles. The number of carboxylic acids is 1. The average molecular weight is 340 g/mol. The molecule has 6 heteroatoms. The number of carboxylic acid groups (broad SMARTS) is 1. The molecule has 3 aromatic rings. The highest BCUT2D eigenvalue weighted by Gasteiger charge is 2.15. The summed E-state index contributed by atoms with van der Waals surface area (Å²) in [4.78, 5) is 18.5. The van der Waals surface area contributed by atoms with E-state index in [9.17, 15) is 18.7 Å². The fourth-order valence-corrected chi connectivity index (χ4v) is 2.50. The largest absolute Gasteiger partial charge is 0.478 e. The highest BCUT2D eigenvalue weighted by molar-refractivity contribution is 5.96. The van der Waals surface area contributed by atoms with Gasteiger partial charge in [0.1, 0.15) is 17.5 Å². The van der Waals surface area contributed by atoms with Crippen LogP contribution < -0.4 is 0 Å². The van der Waals surface area contributed by atoms with Gasteiger partial charge in [-0.1, -0.05) is 18.2 Å². The molecule has 0 fully saturated rings. The van der Waals surface area contributed by atoms with E-state index >= 15 is 0 Å². The molecule has 0 atom stereocenters. The lowest BCUT2D eigenvalue weighted by Gasteiger charge is -2.09. The molecule has 0 saturated heterocycles. The van der Waals surface area contributed by atoms with Crippen molar-refractivity contribution in [3.05, 3.63) is 83.5 Å². The fraction of sp³-hybridized carbons (Fsp3) is 0.0526. The van der Waals surface area contributed by atoms with Gasteiger partial charge in [-0.15, -0.1) is 0 Å². The summed E-state index contributed by atoms with van der Waals surface area (Å²) in [5, 5.41) is 9.34. The number of aromatic amines is 1. The molecule has 2 aromatic carbocycles. The molecule has 0 radical (unpaired) electrons. The number of H-pyrrole nitrogens is 1. The number of carbonyl (C=O) groups is 1. The Balaban J connectivity index is 1.97. The first kappa shape index (κ1) is 16.6. The van der Waals surface area contributed by atoms with E-state index in [1.807, 2.05) is 6.08 Å². The molecule has 3 rings (SSSR count). The van der Waals surface area contributed by atoms with Gasteiger partial charge in [0.05, 0.1) is 5.56 Å². The van der Waals surface area contributed by atoms with Gasteiger partial charge in [0.25, 0.3) is 0 Å². The second kappa shape index (κ2) is 7.09. The van der Waals surface area contributed by atoms with Gasteiger partial charge in [-0.25, -0.2) is 18.6 Å². The molecule has 0 amide bonds. The number of nitrogens with zero attached hydrogens (tertiary/aromatic N) is 1. The maximum Gasteiger partial charge on any atom is 0.336 e. The molecule has 0 spiro atoms. The van der Waals surface area contributed by atoms with E-state index in [0.29, 0.717) is 12.0 Å². The van der Waals surface area contributed by atoms with Gasteiger partial charge in [0.15, 0.2) is 0 Å². The van der Waals surface area contributed by atoms with E-state index in [2.05, 4.69) is 9.97 Å². The zero-order chi connectivity index (χ0) is 17.8. The number of rotatable bonds is 5. The number of nitrogens with one attached hydrogen (secondary N) is 1. The van der Waals surface area contributed by atoms with E-state index in [1.165, 1.54) is 12.1 Å². The van der Waals surface area contributed by atoms with Crippen molar-refractivity contribution in [1.29, 1.82) is 0 Å². The summed E-state index contributed by atoms with van der Waals surface area (Å²) in [5.74, 6) is -1.90. The number of hydrogen-bond acceptors (Lipinski definition) is 2. The van der Waals surface area contributed by atoms with Crippen LogP contribution >= 0.6 is 0 Å². The minimum absolute atomic E-state index is 0.0417. The molecule has 0 unspecified atom stereocenters. The zero-order valence-corrected chi connectivity index (χ0v) is 13.0. The Kier molecular flexibility index (Phi) is 4.70. The van der Waals surface area contributed by atoms with Crippen LogP contribution in [0.5, 0.6) is 0 Å². The number of benzene rings is 2. The van der Waals surface area contributed by atoms with Crippen LogP contribution in [0.3, 0.4) is 0 Å². The number of allylic oxidation sites excluding steroid dienone is 1. The molecule has 2 N–H and O–H groups in total. The van der Waals surface area contributed by atoms with Crippen molar-refractivity contribution in [2.75, 3.05) is 0 Å². The first-order chi connectivity index (χ1) is 12.0. The normalized spacial score (nSPS) is 11.1. The smallest absolute Gasteiger partial charge is 0.336 e. The van der Waals surface area contributed by atoms with Crippen LogP contribution in [-0.2, 0) is 6.42 Å². The summed E-state index contributed by atoms with van der Waals surface area (Å²) in [6.45, 7) is 0. The third-order valence-corrected chi connectivity index (χ3v) is 3.67. The van der Waals surface area contributed by atoms with Crippen molar-refractivity contribution in [2.45, 2.75) is 6.42 Å². The maximum absolute atomic E-state index is 14.1. The van der Waals surface area contributed by atoms with Crippen molar-refractivity contribution in [2.24, 2.45) is 0 Å². The molecule has 0 bridgehead atoms. The van der Waals surface area contributed by atoms with E-state index in [-0.39, 0.29) is 16.7 Å². The number of halogens is 2. The number of aromatic carboxylic acids is 1. The van der Waals surface area contributed by atoms with E-state index < -0.39 is 17.6 Å². The van der Waals surface area contributed by atoms with Gasteiger partial charge in [0.2, 0.25) is 0 Å². The standard InChI is InChI=1S/C19H14F2N2O2/c20-13-5-7-14(17(21)11-13)16-10-12(4-6-15(16)19(24)25)2-1-3-18-22-8-9-23-18/h1-2,4-11H,3H2,(H,22,23)(H,24,25). The summed E-state index contributed by atoms with van der Waals surface area (Å²) in [6, 6.07) is 7.69. The summed E-state index contributed by atoms with van der Waals surface area (Å²) in [6.07, 6.45) is 7.60. The van der Waals surface area contributed by atoms with Gasteiger partial charge in [-0.3, -0.25) is 0 Å². The Labute approximate surface area is 142 Å². The summed E-state index contributed by atoms with van der Waals surface area (Å²) >= 11 is 0. The first-order valence-electron chi connectivity index (χ1n) is 7.52. The van der Waals surface area contributed by atoms with Crippen LogP contribution in [0.2, 0.25) is 0 Å². The molecule has 0 aliphatic carbocycles. The van der Waals surface area contributed by atoms with Gasteiger partial charge >= 0.3 is 5.97 Å². The number of hydrogen-bond donors (Lipinski definition) is 2. The Morgan fingerprint density at radius 2 is 2.00 bits per heavy atom. The van der Waals surface area contributed by atoms with Gasteiger partial charge in [-0.05, 0) is 35.4 Å². The highest BCUT2D eigenvalue weighted by atomic mass is 19.1. The van der Waals surface area contributed by atoms with Crippen LogP contribution in [-0.4, -0.2) is 21.0 Å². The average Bonchev–Trinajstić information content (AvgIpc) is 3.08. The van der Waals surface area contributed by atoms with Crippen molar-refractivity contribution in [3.63, 3.8) is 0 Å². The Hall–Kier alpha value is -3.28. The summed E-state index contributed by atoms with van der Waals surface area (Å²) in [5.41, 5.74) is 0.897. The molecular formula is C19H14F2N2O2. The molecule has 4 nitrogen and oxygen atoms in total. The quantitative estimate of drug-likeness (QED) is 0.727. The van der Waals surface area contributed by atoms with Crippen molar-refractivity contribution < 1.29 is 18.7 Å². The van der Waals surface area contributed by atoms with E-state index in [1.54, 1.807) is 30.6 Å². The minimum atomic E-state index is -1.18. The molecular weight excluding hydrogens is 326 g/mol. The van der Waals surface area contributed by atoms with Crippen molar-refractivity contribution in [3.8, 4) is 11.1 Å².